The van der Waals surface area contributed by atoms with E-state index in [0.29, 0.717) is 5.58 Å². The van der Waals surface area contributed by atoms with Crippen LogP contribution in [0.15, 0.2) is 59.0 Å². The van der Waals surface area contributed by atoms with Crippen molar-refractivity contribution in [1.82, 2.24) is 4.90 Å². The van der Waals surface area contributed by atoms with E-state index in [1.807, 2.05) is 18.2 Å². The summed E-state index contributed by atoms with van der Waals surface area (Å²) in [5, 5.41) is 0.952. The van der Waals surface area contributed by atoms with Gasteiger partial charge in [0.05, 0.1) is 0 Å². The van der Waals surface area contributed by atoms with Crippen molar-refractivity contribution in [3.63, 3.8) is 0 Å². The molecule has 1 aliphatic heterocycles. The summed E-state index contributed by atoms with van der Waals surface area (Å²) in [6.45, 7) is 4.89. The second-order valence-electron chi connectivity index (χ2n) is 6.41. The number of piperazine rings is 1. The predicted molar refractivity (Wildman–Crippen MR) is 98.7 cm³/mol. The van der Waals surface area contributed by atoms with E-state index < -0.39 is 5.91 Å². The minimum atomic E-state index is -0.533. The number of nitrogens with two attached hydrogens (primary N) is 1. The van der Waals surface area contributed by atoms with Gasteiger partial charge in [-0.15, -0.1) is 0 Å². The fourth-order valence-corrected chi connectivity index (χ4v) is 3.43. The third-order valence-corrected chi connectivity index (χ3v) is 4.74. The van der Waals surface area contributed by atoms with Crippen molar-refractivity contribution in [1.29, 1.82) is 0 Å². The summed E-state index contributed by atoms with van der Waals surface area (Å²) in [5.74, 6) is -0.319. The van der Waals surface area contributed by atoms with Gasteiger partial charge in [-0.25, -0.2) is 0 Å². The fourth-order valence-electron chi connectivity index (χ4n) is 3.43. The lowest BCUT2D eigenvalue weighted by atomic mass is 10.1. The van der Waals surface area contributed by atoms with Crippen molar-refractivity contribution in [2.75, 3.05) is 31.1 Å². The van der Waals surface area contributed by atoms with Crippen molar-refractivity contribution >= 4 is 22.6 Å². The number of benzene rings is 2. The Balaban J connectivity index is 1.49. The molecule has 1 saturated heterocycles. The number of furan rings is 1. The molecule has 1 fully saturated rings. The second kappa shape index (κ2) is 6.61. The molecule has 4 rings (SSSR count). The van der Waals surface area contributed by atoms with E-state index in [1.165, 1.54) is 5.56 Å². The maximum atomic E-state index is 11.4. The largest absolute Gasteiger partial charge is 0.451 e. The molecule has 25 heavy (non-hydrogen) atoms. The summed E-state index contributed by atoms with van der Waals surface area (Å²) >= 11 is 0. The van der Waals surface area contributed by atoms with Crippen LogP contribution in [0.1, 0.15) is 16.1 Å². The molecule has 1 amide bonds. The Labute approximate surface area is 146 Å². The lowest BCUT2D eigenvalue weighted by Gasteiger charge is -2.36. The van der Waals surface area contributed by atoms with E-state index in [9.17, 15) is 4.79 Å². The Kier molecular flexibility index (Phi) is 4.15. The molecule has 5 heteroatoms. The molecular weight excluding hydrogens is 314 g/mol. The highest BCUT2D eigenvalue weighted by Gasteiger charge is 2.20. The second-order valence-corrected chi connectivity index (χ2v) is 6.41. The molecule has 0 aliphatic carbocycles. The van der Waals surface area contributed by atoms with Crippen molar-refractivity contribution in [3.05, 3.63) is 65.9 Å². The minimum Gasteiger partial charge on any atom is -0.451 e. The number of nitrogens with zero attached hydrogens (tertiary/aromatic N) is 2. The smallest absolute Gasteiger partial charge is 0.284 e. The van der Waals surface area contributed by atoms with Crippen LogP contribution in [0, 0.1) is 0 Å². The third kappa shape index (κ3) is 3.23. The van der Waals surface area contributed by atoms with E-state index >= 15 is 0 Å². The van der Waals surface area contributed by atoms with Crippen LogP contribution in [0.3, 0.4) is 0 Å². The maximum Gasteiger partial charge on any atom is 0.284 e. The van der Waals surface area contributed by atoms with Crippen molar-refractivity contribution in [2.24, 2.45) is 5.73 Å². The summed E-state index contributed by atoms with van der Waals surface area (Å²) in [5.41, 5.74) is 8.50. The van der Waals surface area contributed by atoms with Gasteiger partial charge in [0.2, 0.25) is 0 Å². The first kappa shape index (κ1) is 15.7. The Hall–Kier alpha value is -2.79. The molecule has 3 aromatic rings. The summed E-state index contributed by atoms with van der Waals surface area (Å²) in [7, 11) is 0. The zero-order valence-electron chi connectivity index (χ0n) is 14.0. The average Bonchev–Trinajstić information content (AvgIpc) is 3.08. The molecule has 128 valence electrons. The number of primary amides is 1. The van der Waals surface area contributed by atoms with Gasteiger partial charge in [0.25, 0.3) is 5.91 Å². The first-order chi connectivity index (χ1) is 12.2. The molecular formula is C20H21N3O2. The molecule has 0 spiro atoms. The van der Waals surface area contributed by atoms with Gasteiger partial charge in [-0.3, -0.25) is 9.69 Å². The van der Waals surface area contributed by atoms with Crippen LogP contribution in [0.2, 0.25) is 0 Å². The molecule has 2 heterocycles. The van der Waals surface area contributed by atoms with E-state index in [-0.39, 0.29) is 5.76 Å². The summed E-state index contributed by atoms with van der Waals surface area (Å²) in [6.07, 6.45) is 0. The van der Waals surface area contributed by atoms with Gasteiger partial charge in [0.15, 0.2) is 5.76 Å². The normalized spacial score (nSPS) is 15.6. The third-order valence-electron chi connectivity index (χ3n) is 4.74. The van der Waals surface area contributed by atoms with Crippen LogP contribution >= 0.6 is 0 Å². The number of anilines is 1. The lowest BCUT2D eigenvalue weighted by molar-refractivity contribution is 0.0976. The first-order valence-electron chi connectivity index (χ1n) is 8.54. The Morgan fingerprint density at radius 3 is 2.48 bits per heavy atom. The van der Waals surface area contributed by atoms with Gasteiger partial charge in [-0.1, -0.05) is 36.4 Å². The van der Waals surface area contributed by atoms with E-state index in [1.54, 1.807) is 6.07 Å². The molecule has 0 atom stereocenters. The van der Waals surface area contributed by atoms with E-state index in [4.69, 9.17) is 10.2 Å². The zero-order chi connectivity index (χ0) is 17.2. The number of rotatable bonds is 4. The van der Waals surface area contributed by atoms with E-state index in [2.05, 4.69) is 40.1 Å². The first-order valence-corrected chi connectivity index (χ1v) is 8.54. The maximum absolute atomic E-state index is 11.4. The topological polar surface area (TPSA) is 62.7 Å². The Morgan fingerprint density at radius 2 is 1.76 bits per heavy atom. The Bertz CT molecular complexity index is 880. The van der Waals surface area contributed by atoms with Crippen LogP contribution in [0.5, 0.6) is 0 Å². The van der Waals surface area contributed by atoms with Crippen molar-refractivity contribution in [2.45, 2.75) is 6.54 Å². The lowest BCUT2D eigenvalue weighted by Crippen LogP contribution is -2.46. The number of amides is 1. The van der Waals surface area contributed by atoms with Crippen LogP contribution in [0.4, 0.5) is 5.69 Å². The van der Waals surface area contributed by atoms with Crippen molar-refractivity contribution in [3.8, 4) is 0 Å². The molecule has 0 radical (unpaired) electrons. The van der Waals surface area contributed by atoms with Gasteiger partial charge >= 0.3 is 0 Å². The zero-order valence-corrected chi connectivity index (χ0v) is 14.0. The van der Waals surface area contributed by atoms with E-state index in [0.717, 1.165) is 43.8 Å². The van der Waals surface area contributed by atoms with Crippen LogP contribution in [-0.2, 0) is 6.54 Å². The summed E-state index contributed by atoms with van der Waals surface area (Å²) in [6, 6.07) is 18.2. The molecule has 0 bridgehead atoms. The van der Waals surface area contributed by atoms with Crippen LogP contribution in [0.25, 0.3) is 11.0 Å². The molecule has 0 unspecified atom stereocenters. The van der Waals surface area contributed by atoms with Crippen molar-refractivity contribution < 1.29 is 9.21 Å². The van der Waals surface area contributed by atoms with Gasteiger partial charge in [-0.2, -0.15) is 0 Å². The molecule has 2 aromatic carbocycles. The molecule has 1 aliphatic rings. The highest BCUT2D eigenvalue weighted by Crippen LogP contribution is 2.30. The number of hydrogen-bond acceptors (Lipinski definition) is 4. The standard InChI is InChI=1S/C20H21N3O2/c21-20(24)19-13-16-17(7-4-8-18(16)25-19)23-11-9-22(10-12-23)14-15-5-2-1-3-6-15/h1-8,13H,9-12,14H2,(H2,21,24). The van der Waals surface area contributed by atoms with Gasteiger partial charge in [0.1, 0.15) is 5.58 Å². The highest BCUT2D eigenvalue weighted by molar-refractivity contribution is 5.99. The minimum absolute atomic E-state index is 0.213. The Morgan fingerprint density at radius 1 is 1.00 bits per heavy atom. The van der Waals surface area contributed by atoms with Crippen LogP contribution in [-0.4, -0.2) is 37.0 Å². The highest BCUT2D eigenvalue weighted by atomic mass is 16.3. The predicted octanol–water partition coefficient (Wildman–Crippen LogP) is 2.85. The molecule has 2 N–H and O–H groups in total. The molecule has 5 nitrogen and oxygen atoms in total. The fraction of sp³-hybridized carbons (Fsp3) is 0.250. The SMILES string of the molecule is NC(=O)c1cc2c(N3CCN(Cc4ccccc4)CC3)cccc2o1. The summed E-state index contributed by atoms with van der Waals surface area (Å²) < 4.78 is 5.55. The van der Waals surface area contributed by atoms with Gasteiger partial charge in [0, 0.05) is 43.8 Å². The summed E-state index contributed by atoms with van der Waals surface area (Å²) in [4.78, 5) is 16.2. The number of fused-ring (bicyclic) bond motifs is 1. The quantitative estimate of drug-likeness (QED) is 0.796. The van der Waals surface area contributed by atoms with Crippen LogP contribution < -0.4 is 10.6 Å². The molecule has 0 saturated carbocycles. The number of carbonyl (C=O) groups excluding carboxylic acids is 1. The monoisotopic (exact) mass is 335 g/mol. The number of hydrogen-bond donors (Lipinski definition) is 1. The van der Waals surface area contributed by atoms with Gasteiger partial charge < -0.3 is 15.1 Å². The average molecular weight is 335 g/mol. The molecule has 1 aromatic heterocycles. The number of carbonyl (C=O) groups is 1. The van der Waals surface area contributed by atoms with Gasteiger partial charge in [-0.05, 0) is 23.8 Å².